The number of rotatable bonds is 2. The van der Waals surface area contributed by atoms with Crippen LogP contribution in [0.5, 0.6) is 5.75 Å². The summed E-state index contributed by atoms with van der Waals surface area (Å²) in [7, 11) is 2.09. The van der Waals surface area contributed by atoms with Crippen molar-refractivity contribution >= 4 is 0 Å². The number of alkyl halides is 3. The zero-order valence-electron chi connectivity index (χ0n) is 12.3. The Morgan fingerprint density at radius 3 is 2.33 bits per heavy atom. The van der Waals surface area contributed by atoms with E-state index in [4.69, 9.17) is 10.00 Å². The van der Waals surface area contributed by atoms with Crippen LogP contribution < -0.4 is 16.0 Å². The van der Waals surface area contributed by atoms with Gasteiger partial charge in [-0.25, -0.2) is 9.18 Å². The highest BCUT2D eigenvalue weighted by Crippen LogP contribution is 2.31. The summed E-state index contributed by atoms with van der Waals surface area (Å²) in [5, 5.41) is 8.86. The molecule has 24 heavy (non-hydrogen) atoms. The van der Waals surface area contributed by atoms with Crippen molar-refractivity contribution in [3.63, 3.8) is 0 Å². The van der Waals surface area contributed by atoms with Crippen LogP contribution in [-0.2, 0) is 13.2 Å². The number of halogens is 4. The normalized spacial score (nSPS) is 11.2. The molecule has 6 nitrogen and oxygen atoms in total. The Labute approximate surface area is 131 Å². The third kappa shape index (κ3) is 2.76. The SMILES string of the molecule is COc1cc(-n2c(C(F)(F)F)cc(=O)n(C)c2=O)c(F)cc1C#N. The Bertz CT molecular complexity index is 967. The molecule has 0 saturated carbocycles. The number of nitrogens with zero attached hydrogens (tertiary/aromatic N) is 3. The maximum atomic E-state index is 14.2. The molecule has 0 atom stereocenters. The van der Waals surface area contributed by atoms with E-state index in [1.54, 1.807) is 6.07 Å². The first-order valence-electron chi connectivity index (χ1n) is 6.30. The van der Waals surface area contributed by atoms with Crippen molar-refractivity contribution in [2.75, 3.05) is 7.11 Å². The van der Waals surface area contributed by atoms with E-state index in [1.165, 1.54) is 0 Å². The predicted octanol–water partition coefficient (Wildman–Crippen LogP) is 1.57. The second-order valence-electron chi connectivity index (χ2n) is 4.66. The van der Waals surface area contributed by atoms with Gasteiger partial charge in [0.15, 0.2) is 0 Å². The Morgan fingerprint density at radius 2 is 1.83 bits per heavy atom. The van der Waals surface area contributed by atoms with E-state index in [1.807, 2.05) is 0 Å². The summed E-state index contributed by atoms with van der Waals surface area (Å²) >= 11 is 0. The quantitative estimate of drug-likeness (QED) is 0.776. The van der Waals surface area contributed by atoms with E-state index in [0.717, 1.165) is 20.2 Å². The van der Waals surface area contributed by atoms with Crippen molar-refractivity contribution < 1.29 is 22.3 Å². The van der Waals surface area contributed by atoms with Crippen molar-refractivity contribution in [1.29, 1.82) is 5.26 Å². The molecule has 1 aromatic carbocycles. The molecule has 0 fully saturated rings. The molecule has 0 aliphatic heterocycles. The molecule has 2 aromatic rings. The Hall–Kier alpha value is -3.09. The van der Waals surface area contributed by atoms with E-state index >= 15 is 0 Å². The molecule has 2 rings (SSSR count). The molecule has 10 heteroatoms. The molecule has 0 amide bonds. The summed E-state index contributed by atoms with van der Waals surface area (Å²) in [5.74, 6) is -1.47. The molecule has 0 spiro atoms. The number of hydrogen-bond donors (Lipinski definition) is 0. The van der Waals surface area contributed by atoms with E-state index in [0.29, 0.717) is 10.6 Å². The van der Waals surface area contributed by atoms with Gasteiger partial charge in [-0.15, -0.1) is 0 Å². The Morgan fingerprint density at radius 1 is 1.21 bits per heavy atom. The van der Waals surface area contributed by atoms with Gasteiger partial charge in [-0.2, -0.15) is 18.4 Å². The maximum absolute atomic E-state index is 14.2. The van der Waals surface area contributed by atoms with Crippen LogP contribution in [0.4, 0.5) is 17.6 Å². The number of methoxy groups -OCH3 is 1. The fraction of sp³-hybridized carbons (Fsp3) is 0.214. The molecule has 0 saturated heterocycles. The molecule has 1 heterocycles. The van der Waals surface area contributed by atoms with Crippen LogP contribution in [0.2, 0.25) is 0 Å². The smallest absolute Gasteiger partial charge is 0.432 e. The Kier molecular flexibility index (Phi) is 4.20. The van der Waals surface area contributed by atoms with E-state index in [2.05, 4.69) is 0 Å². The monoisotopic (exact) mass is 343 g/mol. The number of ether oxygens (including phenoxy) is 1. The first-order chi connectivity index (χ1) is 11.1. The van der Waals surface area contributed by atoms with E-state index in [9.17, 15) is 27.2 Å². The van der Waals surface area contributed by atoms with Crippen LogP contribution in [0.1, 0.15) is 11.3 Å². The van der Waals surface area contributed by atoms with E-state index < -0.39 is 34.6 Å². The lowest BCUT2D eigenvalue weighted by Gasteiger charge is -2.17. The van der Waals surface area contributed by atoms with Gasteiger partial charge in [-0.05, 0) is 6.07 Å². The number of nitriles is 1. The van der Waals surface area contributed by atoms with Gasteiger partial charge in [0.25, 0.3) is 5.56 Å². The third-order valence-corrected chi connectivity index (χ3v) is 3.23. The van der Waals surface area contributed by atoms with Gasteiger partial charge in [0.2, 0.25) is 0 Å². The fourth-order valence-electron chi connectivity index (χ4n) is 2.04. The fourth-order valence-corrected chi connectivity index (χ4v) is 2.04. The van der Waals surface area contributed by atoms with Gasteiger partial charge in [0.1, 0.15) is 23.3 Å². The summed E-state index contributed by atoms with van der Waals surface area (Å²) < 4.78 is 58.9. The van der Waals surface area contributed by atoms with Crippen LogP contribution in [0.15, 0.2) is 27.8 Å². The second-order valence-corrected chi connectivity index (χ2v) is 4.66. The molecule has 1 aromatic heterocycles. The van der Waals surface area contributed by atoms with Crippen molar-refractivity contribution in [2.24, 2.45) is 7.05 Å². The highest BCUT2D eigenvalue weighted by atomic mass is 19.4. The van der Waals surface area contributed by atoms with Gasteiger partial charge in [0, 0.05) is 19.2 Å². The lowest BCUT2D eigenvalue weighted by Crippen LogP contribution is -2.40. The van der Waals surface area contributed by atoms with Gasteiger partial charge in [-0.1, -0.05) is 0 Å². The minimum Gasteiger partial charge on any atom is -0.495 e. The lowest BCUT2D eigenvalue weighted by molar-refractivity contribution is -0.143. The summed E-state index contributed by atoms with van der Waals surface area (Å²) in [6.45, 7) is 0. The first-order valence-corrected chi connectivity index (χ1v) is 6.30. The molecule has 0 unspecified atom stereocenters. The molecule has 126 valence electrons. The topological polar surface area (TPSA) is 77.0 Å². The molecular formula is C14H9F4N3O3. The minimum absolute atomic E-state index is 0.0143. The summed E-state index contributed by atoms with van der Waals surface area (Å²) in [6, 6.07) is 3.23. The first kappa shape index (κ1) is 17.3. The lowest BCUT2D eigenvalue weighted by atomic mass is 10.1. The average molecular weight is 343 g/mol. The van der Waals surface area contributed by atoms with Crippen LogP contribution in [0, 0.1) is 17.1 Å². The highest BCUT2D eigenvalue weighted by Gasteiger charge is 2.37. The van der Waals surface area contributed by atoms with Crippen LogP contribution in [0.3, 0.4) is 0 Å². The summed E-state index contributed by atoms with van der Waals surface area (Å²) in [6.07, 6.45) is -5.08. The highest BCUT2D eigenvalue weighted by molar-refractivity contribution is 5.51. The minimum atomic E-state index is -5.08. The van der Waals surface area contributed by atoms with Crippen LogP contribution >= 0.6 is 0 Å². The molecular weight excluding hydrogens is 334 g/mol. The van der Waals surface area contributed by atoms with Crippen molar-refractivity contribution in [2.45, 2.75) is 6.18 Å². The largest absolute Gasteiger partial charge is 0.495 e. The zero-order chi connectivity index (χ0) is 18.2. The maximum Gasteiger partial charge on any atom is 0.432 e. The molecule has 0 aliphatic rings. The van der Waals surface area contributed by atoms with Crippen LogP contribution in [0.25, 0.3) is 5.69 Å². The van der Waals surface area contributed by atoms with E-state index in [-0.39, 0.29) is 21.9 Å². The van der Waals surface area contributed by atoms with Crippen molar-refractivity contribution in [3.05, 3.63) is 56.1 Å². The van der Waals surface area contributed by atoms with Gasteiger partial charge >= 0.3 is 11.9 Å². The van der Waals surface area contributed by atoms with Gasteiger partial charge in [-0.3, -0.25) is 13.9 Å². The second kappa shape index (κ2) is 5.84. The molecule has 0 aliphatic carbocycles. The predicted molar refractivity (Wildman–Crippen MR) is 73.5 cm³/mol. The van der Waals surface area contributed by atoms with Gasteiger partial charge in [0.05, 0.1) is 18.4 Å². The van der Waals surface area contributed by atoms with Crippen molar-refractivity contribution in [3.8, 4) is 17.5 Å². The molecule has 0 N–H and O–H groups in total. The number of benzene rings is 1. The standard InChI is InChI=1S/C14H9F4N3O3/c1-20-12(22)5-11(14(16,17)18)21(13(20)23)9-4-10(24-2)7(6-19)3-8(9)15/h3-5H,1-2H3. The third-order valence-electron chi connectivity index (χ3n) is 3.23. The Balaban J connectivity index is 2.98. The van der Waals surface area contributed by atoms with Crippen molar-refractivity contribution in [1.82, 2.24) is 9.13 Å². The number of hydrogen-bond acceptors (Lipinski definition) is 4. The van der Waals surface area contributed by atoms with Crippen LogP contribution in [-0.4, -0.2) is 16.2 Å². The average Bonchev–Trinajstić information content (AvgIpc) is 2.51. The summed E-state index contributed by atoms with van der Waals surface area (Å²) in [4.78, 5) is 23.6. The molecule has 0 radical (unpaired) electrons. The zero-order valence-corrected chi connectivity index (χ0v) is 12.3. The molecule has 0 bridgehead atoms. The number of aromatic nitrogens is 2. The van der Waals surface area contributed by atoms with Gasteiger partial charge < -0.3 is 4.74 Å². The summed E-state index contributed by atoms with van der Waals surface area (Å²) in [5.41, 5.74) is -5.27.